The normalized spacial score (nSPS) is 21.5. The number of alkyl halides is 1. The standard InChI is InChI=1S/C24H38BrN3O4.C23H36N4O4/c1-32-24(31)20(17-19-13-10-16-26-19)27-23(30)22(18-11-6-5-7-12-18)28-21(29)14-8-3-2-4-9-15-25;1-31-23(30)19-14-18-15-27(16-24-18)13-9-4-2-3-8-12-20(28)26-21(22(29)25-19)17-10-6-5-7-11-17/h13,16,18,20,22H,2-12,14-15,17H2,1H3,(H,27,30)(H,28,29);15-17,19,21H,2-14H2,1H3,(H,25,29)(H,26,28)/t20-,22?;/m0./s1. The van der Waals surface area contributed by atoms with Crippen LogP contribution in [0.5, 0.6) is 0 Å². The van der Waals surface area contributed by atoms with Crippen LogP contribution in [0.1, 0.15) is 160 Å². The number of carbonyl (C=O) groups is 6. The molecule has 0 spiro atoms. The van der Waals surface area contributed by atoms with Gasteiger partial charge in [-0.2, -0.15) is 0 Å². The van der Waals surface area contributed by atoms with Gasteiger partial charge in [0.15, 0.2) is 0 Å². The number of unbranched alkanes of at least 4 members (excludes halogenated alkanes) is 4. The van der Waals surface area contributed by atoms with Gasteiger partial charge in [-0.25, -0.2) is 14.6 Å². The Morgan fingerprint density at radius 2 is 1.52 bits per heavy atom. The number of aryl methyl sites for hydroxylation is 1. The summed E-state index contributed by atoms with van der Waals surface area (Å²) < 4.78 is 11.9. The highest BCUT2D eigenvalue weighted by Gasteiger charge is 2.35. The van der Waals surface area contributed by atoms with Gasteiger partial charge in [-0.05, 0) is 63.2 Å². The molecule has 15 nitrogen and oxygen atoms in total. The van der Waals surface area contributed by atoms with Crippen LogP contribution in [0.15, 0.2) is 29.3 Å². The van der Waals surface area contributed by atoms with Crippen LogP contribution in [0.25, 0.3) is 0 Å². The summed E-state index contributed by atoms with van der Waals surface area (Å²) in [6.07, 6.45) is 30.1. The van der Waals surface area contributed by atoms with Crippen LogP contribution in [0.3, 0.4) is 0 Å². The smallest absolute Gasteiger partial charge is 0.328 e. The summed E-state index contributed by atoms with van der Waals surface area (Å²) in [7, 11) is 2.63. The Kier molecular flexibility index (Phi) is 24.0. The summed E-state index contributed by atoms with van der Waals surface area (Å²) in [6, 6.07) is -2.89. The van der Waals surface area contributed by atoms with E-state index in [4.69, 9.17) is 9.47 Å². The molecule has 2 saturated carbocycles. The molecule has 0 aromatic carbocycles. The van der Waals surface area contributed by atoms with Gasteiger partial charge in [-0.15, -0.1) is 0 Å². The van der Waals surface area contributed by atoms with E-state index >= 15 is 0 Å². The zero-order chi connectivity index (χ0) is 45.2. The Hall–Kier alpha value is -4.08. The largest absolute Gasteiger partial charge is 0.467 e. The maximum atomic E-state index is 13.2. The molecule has 5 rings (SSSR count). The topological polar surface area (TPSA) is 199 Å². The Morgan fingerprint density at radius 1 is 0.841 bits per heavy atom. The number of esters is 2. The molecule has 3 heterocycles. The first-order valence-electron chi connectivity index (χ1n) is 23.7. The highest BCUT2D eigenvalue weighted by Crippen LogP contribution is 2.28. The van der Waals surface area contributed by atoms with Crippen molar-refractivity contribution in [3.8, 4) is 0 Å². The average molecular weight is 945 g/mol. The number of aromatic nitrogens is 2. The molecule has 4 N–H and O–H groups in total. The highest BCUT2D eigenvalue weighted by molar-refractivity contribution is 9.09. The van der Waals surface area contributed by atoms with Crippen LogP contribution < -0.4 is 21.3 Å². The van der Waals surface area contributed by atoms with Gasteiger partial charge >= 0.3 is 11.9 Å². The third-order valence-corrected chi connectivity index (χ3v) is 13.2. The summed E-state index contributed by atoms with van der Waals surface area (Å²) in [5.41, 5.74) is 1.50. The Bertz CT molecular complexity index is 1650. The van der Waals surface area contributed by atoms with Crippen LogP contribution in [-0.2, 0) is 51.2 Å². The van der Waals surface area contributed by atoms with E-state index in [9.17, 15) is 28.8 Å². The third-order valence-electron chi connectivity index (χ3n) is 12.6. The predicted octanol–water partition coefficient (Wildman–Crippen LogP) is 6.70. The summed E-state index contributed by atoms with van der Waals surface area (Å²) in [4.78, 5) is 85.0. The molecule has 2 fully saturated rings. The molecule has 0 saturated heterocycles. The lowest BCUT2D eigenvalue weighted by atomic mass is 9.83. The van der Waals surface area contributed by atoms with Crippen LogP contribution >= 0.6 is 15.9 Å². The van der Waals surface area contributed by atoms with E-state index in [2.05, 4.69) is 47.2 Å². The lowest BCUT2D eigenvalue weighted by Gasteiger charge is -2.31. The minimum atomic E-state index is -0.834. The molecule has 1 aromatic heterocycles. The molecule has 2 aliphatic heterocycles. The SMILES string of the molecule is COC(=O)C1Cc2cn(cn2)CCCCCCCC(=O)NC(C2CCCCC2)C(=O)N1.COC(=O)[C@H](CC1=CCC=N1)NC(=O)C(NC(=O)CCCCCCCBr)C1CCCCC1. The van der Waals surface area contributed by atoms with Crippen molar-refractivity contribution in [2.45, 2.75) is 191 Å². The fraction of sp³-hybridized carbons (Fsp3) is 0.745. The number of aliphatic imine (C=N–C) groups is 1. The van der Waals surface area contributed by atoms with Crippen molar-refractivity contribution in [3.05, 3.63) is 30.0 Å². The second-order valence-electron chi connectivity index (χ2n) is 17.5. The van der Waals surface area contributed by atoms with E-state index in [-0.39, 0.29) is 48.3 Å². The van der Waals surface area contributed by atoms with E-state index in [1.54, 1.807) is 12.5 Å². The number of rotatable bonds is 16. The number of imidazole rings is 1. The van der Waals surface area contributed by atoms with E-state index < -0.39 is 36.1 Å². The van der Waals surface area contributed by atoms with Gasteiger partial charge in [0.25, 0.3) is 0 Å². The summed E-state index contributed by atoms with van der Waals surface area (Å²) in [6.45, 7) is 0.868. The first-order valence-corrected chi connectivity index (χ1v) is 24.9. The molecular weight excluding hydrogens is 870 g/mol. The number of nitrogens with zero attached hydrogens (tertiary/aromatic N) is 3. The lowest BCUT2D eigenvalue weighted by Crippen LogP contribution is -2.55. The van der Waals surface area contributed by atoms with Gasteiger partial charge in [-0.3, -0.25) is 24.2 Å². The Balaban J connectivity index is 0.000000277. The van der Waals surface area contributed by atoms with Crippen molar-refractivity contribution in [2.75, 3.05) is 19.5 Å². The van der Waals surface area contributed by atoms with Crippen molar-refractivity contribution in [2.24, 2.45) is 16.8 Å². The van der Waals surface area contributed by atoms with Gasteiger partial charge in [0.2, 0.25) is 23.6 Å². The first-order chi connectivity index (χ1) is 30.6. The fourth-order valence-corrected chi connectivity index (χ4v) is 9.43. The molecule has 63 heavy (non-hydrogen) atoms. The van der Waals surface area contributed by atoms with Crippen LogP contribution in [0.2, 0.25) is 0 Å². The van der Waals surface area contributed by atoms with Crippen LogP contribution in [0.4, 0.5) is 0 Å². The fourth-order valence-electron chi connectivity index (χ4n) is 9.04. The summed E-state index contributed by atoms with van der Waals surface area (Å²) in [5, 5.41) is 12.7. The minimum absolute atomic E-state index is 0.0814. The molecule has 1 aromatic rings. The number of hydrogen-bond donors (Lipinski definition) is 4. The Morgan fingerprint density at radius 3 is 2.22 bits per heavy atom. The molecule has 2 bridgehead atoms. The number of allylic oxidation sites excluding steroid dienone is 1. The number of halogens is 1. The van der Waals surface area contributed by atoms with E-state index in [0.717, 1.165) is 158 Å². The maximum Gasteiger partial charge on any atom is 0.328 e. The number of ether oxygens (including phenoxy) is 2. The van der Waals surface area contributed by atoms with Gasteiger partial charge in [-0.1, -0.05) is 99.1 Å². The van der Waals surface area contributed by atoms with Gasteiger partial charge in [0.1, 0.15) is 24.2 Å². The number of hydrogen-bond acceptors (Lipinski definition) is 10. The maximum absolute atomic E-state index is 13.2. The number of methoxy groups -OCH3 is 2. The number of fused-ring (bicyclic) bond motifs is 2. The number of amides is 4. The zero-order valence-corrected chi connectivity index (χ0v) is 39.4. The lowest BCUT2D eigenvalue weighted by molar-refractivity contribution is -0.146. The summed E-state index contributed by atoms with van der Waals surface area (Å²) >= 11 is 3.43. The third kappa shape index (κ3) is 18.9. The first kappa shape index (κ1) is 51.6. The quantitative estimate of drug-likeness (QED) is 0.0792. The molecule has 352 valence electrons. The zero-order valence-electron chi connectivity index (χ0n) is 37.9. The van der Waals surface area contributed by atoms with Crippen molar-refractivity contribution in [1.82, 2.24) is 30.8 Å². The van der Waals surface area contributed by atoms with Gasteiger partial charge in [0, 0.05) is 62.1 Å². The number of carbonyl (C=O) groups excluding carboxylic acids is 6. The van der Waals surface area contributed by atoms with Crippen molar-refractivity contribution in [1.29, 1.82) is 0 Å². The molecule has 3 unspecified atom stereocenters. The molecule has 2 aliphatic carbocycles. The predicted molar refractivity (Wildman–Crippen MR) is 246 cm³/mol. The molecule has 16 heteroatoms. The van der Waals surface area contributed by atoms with Crippen LogP contribution in [-0.4, -0.2) is 95.1 Å². The molecule has 4 amide bonds. The van der Waals surface area contributed by atoms with E-state index in [0.29, 0.717) is 12.8 Å². The van der Waals surface area contributed by atoms with Gasteiger partial charge in [0.05, 0.1) is 26.2 Å². The second kappa shape index (κ2) is 29.4. The van der Waals surface area contributed by atoms with Crippen molar-refractivity contribution in [3.63, 3.8) is 0 Å². The summed E-state index contributed by atoms with van der Waals surface area (Å²) in [5.74, 6) is -1.60. The van der Waals surface area contributed by atoms with Crippen LogP contribution in [0, 0.1) is 11.8 Å². The Labute approximate surface area is 383 Å². The van der Waals surface area contributed by atoms with E-state index in [1.165, 1.54) is 14.2 Å². The van der Waals surface area contributed by atoms with E-state index in [1.807, 2.05) is 16.8 Å². The molecule has 4 atom stereocenters. The van der Waals surface area contributed by atoms with Crippen molar-refractivity contribution < 1.29 is 38.2 Å². The van der Waals surface area contributed by atoms with Crippen molar-refractivity contribution >= 4 is 57.7 Å². The molecule has 0 radical (unpaired) electrons. The molecule has 4 aliphatic rings. The monoisotopic (exact) mass is 943 g/mol. The number of nitrogens with one attached hydrogen (secondary N) is 4. The minimum Gasteiger partial charge on any atom is -0.467 e. The second-order valence-corrected chi connectivity index (χ2v) is 18.3. The average Bonchev–Trinajstić information content (AvgIpc) is 4.00. The molecular formula is C47H74BrN7O8. The van der Waals surface area contributed by atoms with Gasteiger partial charge < -0.3 is 35.3 Å². The highest BCUT2D eigenvalue weighted by atomic mass is 79.9.